The van der Waals surface area contributed by atoms with Crippen LogP contribution in [0, 0.1) is 13.8 Å². The molecule has 0 spiro atoms. The van der Waals surface area contributed by atoms with E-state index < -0.39 is 11.9 Å². The van der Waals surface area contributed by atoms with Crippen molar-refractivity contribution in [2.75, 3.05) is 18.5 Å². The van der Waals surface area contributed by atoms with E-state index >= 15 is 0 Å². The van der Waals surface area contributed by atoms with Gasteiger partial charge in [-0.15, -0.1) is 0 Å². The van der Waals surface area contributed by atoms with E-state index in [1.807, 2.05) is 44.2 Å². The Balaban J connectivity index is 2.37. The Hall–Kier alpha value is -3.09. The number of aryl methyl sites for hydroxylation is 2. The minimum absolute atomic E-state index is 0.163. The molecule has 1 aromatic heterocycles. The van der Waals surface area contributed by atoms with E-state index in [1.54, 1.807) is 18.5 Å². The summed E-state index contributed by atoms with van der Waals surface area (Å²) in [6.45, 7) is 7.51. The van der Waals surface area contributed by atoms with Crippen LogP contribution in [0.25, 0.3) is 5.69 Å². The Kier molecular flexibility index (Phi) is 6.54. The SMILES string of the molecule is CCOC(=O)C(=CNc1cc(C)nn1-c1ccccc1C)C(=O)OCC. The van der Waals surface area contributed by atoms with Crippen LogP contribution in [0.1, 0.15) is 25.1 Å². The highest BCUT2D eigenvalue weighted by atomic mass is 16.6. The van der Waals surface area contributed by atoms with Crippen molar-refractivity contribution in [2.24, 2.45) is 0 Å². The molecule has 2 rings (SSSR count). The second-order valence-electron chi connectivity index (χ2n) is 5.51. The zero-order valence-corrected chi connectivity index (χ0v) is 15.4. The van der Waals surface area contributed by atoms with Gasteiger partial charge in [0.1, 0.15) is 5.82 Å². The van der Waals surface area contributed by atoms with Gasteiger partial charge in [0.15, 0.2) is 5.57 Å². The lowest BCUT2D eigenvalue weighted by Gasteiger charge is -2.11. The summed E-state index contributed by atoms with van der Waals surface area (Å²) < 4.78 is 11.6. The predicted octanol–water partition coefficient (Wildman–Crippen LogP) is 2.91. The van der Waals surface area contributed by atoms with Crippen molar-refractivity contribution < 1.29 is 19.1 Å². The number of esters is 2. The molecular weight excluding hydrogens is 334 g/mol. The average Bonchev–Trinajstić information content (AvgIpc) is 2.96. The Bertz CT molecular complexity index is 804. The molecule has 0 aliphatic carbocycles. The van der Waals surface area contributed by atoms with Crippen LogP contribution >= 0.6 is 0 Å². The van der Waals surface area contributed by atoms with Gasteiger partial charge in [0.25, 0.3) is 0 Å². The van der Waals surface area contributed by atoms with Crippen LogP contribution in [0.15, 0.2) is 42.1 Å². The summed E-state index contributed by atoms with van der Waals surface area (Å²) in [5.74, 6) is -0.864. The summed E-state index contributed by atoms with van der Waals surface area (Å²) in [6, 6.07) is 9.60. The lowest BCUT2D eigenvalue weighted by atomic mass is 10.2. The van der Waals surface area contributed by atoms with Gasteiger partial charge in [-0.3, -0.25) is 0 Å². The number of nitrogens with one attached hydrogen (secondary N) is 1. The molecule has 0 atom stereocenters. The number of carbonyl (C=O) groups excluding carboxylic acids is 2. The van der Waals surface area contributed by atoms with Gasteiger partial charge in [0.05, 0.1) is 24.6 Å². The predicted molar refractivity (Wildman–Crippen MR) is 98.0 cm³/mol. The minimum Gasteiger partial charge on any atom is -0.462 e. The number of aromatic nitrogens is 2. The van der Waals surface area contributed by atoms with E-state index in [9.17, 15) is 9.59 Å². The Morgan fingerprint density at radius 3 is 2.31 bits per heavy atom. The van der Waals surface area contributed by atoms with Crippen molar-refractivity contribution in [2.45, 2.75) is 27.7 Å². The molecule has 0 aliphatic heterocycles. The van der Waals surface area contributed by atoms with Crippen LogP contribution in [0.3, 0.4) is 0 Å². The fraction of sp³-hybridized carbons (Fsp3) is 0.316. The summed E-state index contributed by atoms with van der Waals surface area (Å²) in [5, 5.41) is 7.45. The summed E-state index contributed by atoms with van der Waals surface area (Å²) in [7, 11) is 0. The van der Waals surface area contributed by atoms with E-state index in [1.165, 1.54) is 6.20 Å². The normalized spacial score (nSPS) is 10.2. The molecule has 0 amide bonds. The molecule has 7 nitrogen and oxygen atoms in total. The maximum Gasteiger partial charge on any atom is 0.347 e. The number of nitrogens with zero attached hydrogens (tertiary/aromatic N) is 2. The van der Waals surface area contributed by atoms with Crippen LogP contribution in [-0.2, 0) is 19.1 Å². The minimum atomic E-state index is -0.739. The Morgan fingerprint density at radius 1 is 1.12 bits per heavy atom. The molecule has 0 unspecified atom stereocenters. The van der Waals surface area contributed by atoms with Gasteiger partial charge in [0, 0.05) is 12.3 Å². The second kappa shape index (κ2) is 8.84. The highest BCUT2D eigenvalue weighted by molar-refractivity contribution is 6.14. The van der Waals surface area contributed by atoms with Gasteiger partial charge < -0.3 is 14.8 Å². The smallest absolute Gasteiger partial charge is 0.347 e. The van der Waals surface area contributed by atoms with E-state index in [-0.39, 0.29) is 18.8 Å². The van der Waals surface area contributed by atoms with Crippen molar-refractivity contribution in [3.05, 3.63) is 53.4 Å². The quantitative estimate of drug-likeness (QED) is 0.355. The van der Waals surface area contributed by atoms with Crippen molar-refractivity contribution in [1.29, 1.82) is 0 Å². The number of hydrogen-bond donors (Lipinski definition) is 1. The first-order valence-electron chi connectivity index (χ1n) is 8.41. The first-order chi connectivity index (χ1) is 12.5. The molecule has 138 valence electrons. The number of para-hydroxylation sites is 1. The number of anilines is 1. The van der Waals surface area contributed by atoms with E-state index in [2.05, 4.69) is 10.4 Å². The molecule has 0 radical (unpaired) electrons. The molecule has 0 saturated heterocycles. The van der Waals surface area contributed by atoms with Gasteiger partial charge in [-0.1, -0.05) is 18.2 Å². The van der Waals surface area contributed by atoms with E-state index in [0.717, 1.165) is 16.9 Å². The molecule has 1 N–H and O–H groups in total. The third-order valence-corrected chi connectivity index (χ3v) is 3.53. The van der Waals surface area contributed by atoms with Gasteiger partial charge >= 0.3 is 11.9 Å². The van der Waals surface area contributed by atoms with Gasteiger partial charge in [-0.25, -0.2) is 14.3 Å². The number of ether oxygens (including phenoxy) is 2. The molecule has 1 heterocycles. The third-order valence-electron chi connectivity index (χ3n) is 3.53. The standard InChI is InChI=1S/C19H23N3O4/c1-5-25-18(23)15(19(24)26-6-2)12-20-17-11-14(4)21-22(17)16-10-8-7-9-13(16)3/h7-12,20H,5-6H2,1-4H3. The molecule has 7 heteroatoms. The zero-order valence-electron chi connectivity index (χ0n) is 15.4. The number of hydrogen-bond acceptors (Lipinski definition) is 6. The first kappa shape index (κ1) is 19.2. The first-order valence-corrected chi connectivity index (χ1v) is 8.41. The molecule has 0 bridgehead atoms. The van der Waals surface area contributed by atoms with Gasteiger partial charge in [0.2, 0.25) is 0 Å². The molecule has 0 fully saturated rings. The fourth-order valence-electron chi connectivity index (χ4n) is 2.35. The number of benzene rings is 1. The van der Waals surface area contributed by atoms with E-state index in [4.69, 9.17) is 9.47 Å². The second-order valence-corrected chi connectivity index (χ2v) is 5.51. The molecule has 26 heavy (non-hydrogen) atoms. The molecule has 1 aromatic carbocycles. The van der Waals surface area contributed by atoms with Crippen molar-refractivity contribution in [1.82, 2.24) is 9.78 Å². The van der Waals surface area contributed by atoms with Gasteiger partial charge in [-0.05, 0) is 39.3 Å². The third kappa shape index (κ3) is 4.50. The lowest BCUT2D eigenvalue weighted by Crippen LogP contribution is -2.19. The van der Waals surface area contributed by atoms with E-state index in [0.29, 0.717) is 5.82 Å². The van der Waals surface area contributed by atoms with Crippen molar-refractivity contribution >= 4 is 17.8 Å². The summed E-state index contributed by atoms with van der Waals surface area (Å²) in [6.07, 6.45) is 1.29. The summed E-state index contributed by atoms with van der Waals surface area (Å²) in [5.41, 5.74) is 2.52. The summed E-state index contributed by atoms with van der Waals surface area (Å²) >= 11 is 0. The Morgan fingerprint density at radius 2 is 1.73 bits per heavy atom. The molecule has 0 aliphatic rings. The maximum atomic E-state index is 12.0. The van der Waals surface area contributed by atoms with Crippen LogP contribution in [0.4, 0.5) is 5.82 Å². The van der Waals surface area contributed by atoms with Crippen molar-refractivity contribution in [3.8, 4) is 5.69 Å². The van der Waals surface area contributed by atoms with Crippen LogP contribution in [0.5, 0.6) is 0 Å². The van der Waals surface area contributed by atoms with Crippen LogP contribution < -0.4 is 5.32 Å². The van der Waals surface area contributed by atoms with Crippen LogP contribution in [0.2, 0.25) is 0 Å². The Labute approximate surface area is 152 Å². The maximum absolute atomic E-state index is 12.0. The number of carbonyl (C=O) groups is 2. The molecule has 2 aromatic rings. The lowest BCUT2D eigenvalue weighted by molar-refractivity contribution is -0.146. The van der Waals surface area contributed by atoms with Gasteiger partial charge in [-0.2, -0.15) is 5.10 Å². The van der Waals surface area contributed by atoms with Crippen molar-refractivity contribution in [3.63, 3.8) is 0 Å². The summed E-state index contributed by atoms with van der Waals surface area (Å²) in [4.78, 5) is 24.1. The molecular formula is C19H23N3O4. The topological polar surface area (TPSA) is 82.5 Å². The monoisotopic (exact) mass is 357 g/mol. The highest BCUT2D eigenvalue weighted by Gasteiger charge is 2.21. The average molecular weight is 357 g/mol. The fourth-order valence-corrected chi connectivity index (χ4v) is 2.35. The molecule has 0 saturated carbocycles. The van der Waals surface area contributed by atoms with Crippen LogP contribution in [-0.4, -0.2) is 34.9 Å². The largest absolute Gasteiger partial charge is 0.462 e. The zero-order chi connectivity index (χ0) is 19.1. The highest BCUT2D eigenvalue weighted by Crippen LogP contribution is 2.20. The number of rotatable bonds is 7.